The third-order valence-electron chi connectivity index (χ3n) is 25.1. The minimum absolute atomic E-state index is 0.0301. The Morgan fingerprint density at radius 3 is 0.807 bits per heavy atom. The van der Waals surface area contributed by atoms with Gasteiger partial charge in [-0.05, 0) is 205 Å². The van der Waals surface area contributed by atoms with Crippen LogP contribution in [0.1, 0.15) is 95.8 Å². The Balaban J connectivity index is 0.000000104. The quantitative estimate of drug-likeness (QED) is 0.110. The molecular formula is C115H90N4. The number of nitrogens with one attached hydrogen (secondary N) is 4. The predicted molar refractivity (Wildman–Crippen MR) is 505 cm³/mol. The molecule has 0 aromatic heterocycles. The van der Waals surface area contributed by atoms with Gasteiger partial charge in [0.1, 0.15) is 0 Å². The summed E-state index contributed by atoms with van der Waals surface area (Å²) in [5, 5.41) is 24.6. The lowest BCUT2D eigenvalue weighted by molar-refractivity contribution is 0.590. The van der Waals surface area contributed by atoms with Crippen LogP contribution in [0, 0.1) is 0 Å². The van der Waals surface area contributed by atoms with E-state index in [-0.39, 0.29) is 21.7 Å². The molecule has 4 aliphatic rings. The van der Waals surface area contributed by atoms with Gasteiger partial charge in [0, 0.05) is 72.5 Å². The van der Waals surface area contributed by atoms with E-state index in [1.165, 1.54) is 149 Å². The first-order valence-corrected chi connectivity index (χ1v) is 41.5. The van der Waals surface area contributed by atoms with Gasteiger partial charge in [-0.1, -0.05) is 393 Å². The molecule has 4 nitrogen and oxygen atoms in total. The molecule has 1 spiro atoms. The lowest BCUT2D eigenvalue weighted by Gasteiger charge is -2.34. The van der Waals surface area contributed by atoms with E-state index in [0.717, 1.165) is 45.5 Å². The fourth-order valence-electron chi connectivity index (χ4n) is 19.5. The van der Waals surface area contributed by atoms with E-state index in [4.69, 9.17) is 0 Å². The summed E-state index contributed by atoms with van der Waals surface area (Å²) in [5.74, 6) is 0. The Morgan fingerprint density at radius 2 is 0.445 bits per heavy atom. The molecule has 0 amide bonds. The lowest BCUT2D eigenvalue weighted by atomic mass is 9.67. The van der Waals surface area contributed by atoms with Crippen LogP contribution in [0.4, 0.5) is 45.5 Å². The molecule has 570 valence electrons. The zero-order valence-electron chi connectivity index (χ0n) is 67.5. The van der Waals surface area contributed by atoms with Gasteiger partial charge >= 0.3 is 0 Å². The van der Waals surface area contributed by atoms with E-state index in [9.17, 15) is 0 Å². The van der Waals surface area contributed by atoms with E-state index in [0.29, 0.717) is 0 Å². The maximum absolute atomic E-state index is 3.76. The van der Waals surface area contributed by atoms with Crippen molar-refractivity contribution in [2.24, 2.45) is 0 Å². The van der Waals surface area contributed by atoms with Crippen molar-refractivity contribution in [1.82, 2.24) is 0 Å². The summed E-state index contributed by atoms with van der Waals surface area (Å²) in [7, 11) is 0. The number of benzene rings is 19. The second-order valence-electron chi connectivity index (χ2n) is 33.3. The number of hydrogen-bond acceptors (Lipinski definition) is 4. The van der Waals surface area contributed by atoms with Gasteiger partial charge in [-0.25, -0.2) is 0 Å². The van der Waals surface area contributed by atoms with E-state index < -0.39 is 0 Å². The Morgan fingerprint density at radius 1 is 0.193 bits per heavy atom. The molecule has 0 radical (unpaired) electrons. The van der Waals surface area contributed by atoms with E-state index in [2.05, 4.69) is 487 Å². The SMILES string of the molecule is CC(C)(C)c1ccc(Nc2cccc3ccccc23)cc1.CC1(C)c2ccccc2-c2ccc(Nc3cccc4ccccc34)cc21.c1ccc(C2(c3ccccc3)c3ccccc3-c3ccc(Nc4cccc5ccccc45)cc32)cc1.c1ccc2c(c1)-c1ccccc1C21c2ccccc2-c2ccc(Nc3cccc4ccccc34)cc21. The van der Waals surface area contributed by atoms with Crippen molar-refractivity contribution in [1.29, 1.82) is 0 Å². The third kappa shape index (κ3) is 12.9. The molecule has 0 saturated carbocycles. The van der Waals surface area contributed by atoms with Crippen LogP contribution in [0.3, 0.4) is 0 Å². The van der Waals surface area contributed by atoms with Crippen LogP contribution in [-0.2, 0) is 21.7 Å². The minimum Gasteiger partial charge on any atom is -0.355 e. The summed E-state index contributed by atoms with van der Waals surface area (Å²) in [5.41, 5.74) is 34.0. The summed E-state index contributed by atoms with van der Waals surface area (Å²) >= 11 is 0. The van der Waals surface area contributed by atoms with Gasteiger partial charge in [0.25, 0.3) is 0 Å². The molecule has 19 aromatic carbocycles. The van der Waals surface area contributed by atoms with Gasteiger partial charge in [0.2, 0.25) is 0 Å². The molecule has 119 heavy (non-hydrogen) atoms. The fourth-order valence-corrected chi connectivity index (χ4v) is 19.5. The summed E-state index contributed by atoms with van der Waals surface area (Å²) in [4.78, 5) is 0. The summed E-state index contributed by atoms with van der Waals surface area (Å²) in [6.07, 6.45) is 0. The number of rotatable bonds is 10. The van der Waals surface area contributed by atoms with Crippen LogP contribution >= 0.6 is 0 Å². The Hall–Kier alpha value is -14.6. The first kappa shape index (κ1) is 73.3. The standard InChI is InChI=1S/C35H23N.C35H25N.C25H21N.C20H21N/c1-2-12-25-23(10-1)11-9-19-34(25)36-24-20-21-29-28-15-5-8-18-32(28)35(33(29)22-24)30-16-6-3-13-26(30)27-14-4-7-17-31(27)35;1-3-14-26(15-4-1)35(27-16-5-2-6-17-27)32-20-10-9-19-30(32)31-23-22-28(24-33(31)35)36-34-21-11-13-25-12-7-8-18-29(25)34;1-25(2)22-12-6-5-11-20(22)21-15-14-18(16-23(21)25)26-24-13-7-9-17-8-3-4-10-19(17)24;1-20(2,3)16-11-13-17(14-12-16)21-19-10-6-8-15-7-4-5-9-18(15)19/h1-22,36H;1-24,36H;3-16,26H,1-2H3;4-14,21H,1-3H3. The molecule has 0 aliphatic heterocycles. The van der Waals surface area contributed by atoms with Crippen LogP contribution in [-0.4, -0.2) is 0 Å². The van der Waals surface area contributed by atoms with E-state index in [1.54, 1.807) is 0 Å². The molecule has 0 atom stereocenters. The highest BCUT2D eigenvalue weighted by molar-refractivity contribution is 6.01. The van der Waals surface area contributed by atoms with Crippen LogP contribution in [0.2, 0.25) is 0 Å². The monoisotopic (exact) mass is 1530 g/mol. The van der Waals surface area contributed by atoms with E-state index in [1.807, 2.05) is 0 Å². The summed E-state index contributed by atoms with van der Waals surface area (Å²) in [6.45, 7) is 11.3. The maximum Gasteiger partial charge on any atom is 0.0726 e. The Labute approximate surface area is 697 Å². The zero-order valence-corrected chi connectivity index (χ0v) is 67.5. The van der Waals surface area contributed by atoms with Crippen molar-refractivity contribution < 1.29 is 0 Å². The minimum atomic E-state index is -0.384. The van der Waals surface area contributed by atoms with Crippen molar-refractivity contribution >= 4 is 88.6 Å². The zero-order chi connectivity index (χ0) is 80.2. The smallest absolute Gasteiger partial charge is 0.0726 e. The average molecular weight is 1530 g/mol. The highest BCUT2D eigenvalue weighted by Crippen LogP contribution is 2.64. The predicted octanol–water partition coefficient (Wildman–Crippen LogP) is 30.6. The van der Waals surface area contributed by atoms with Crippen LogP contribution in [0.25, 0.3) is 87.6 Å². The van der Waals surface area contributed by atoms with Gasteiger partial charge in [0.05, 0.1) is 10.8 Å². The summed E-state index contributed by atoms with van der Waals surface area (Å²) < 4.78 is 0. The number of fused-ring (bicyclic) bond motifs is 20. The number of hydrogen-bond donors (Lipinski definition) is 4. The van der Waals surface area contributed by atoms with Crippen molar-refractivity contribution in [3.63, 3.8) is 0 Å². The molecule has 0 bridgehead atoms. The van der Waals surface area contributed by atoms with Gasteiger partial charge < -0.3 is 21.3 Å². The first-order valence-electron chi connectivity index (χ1n) is 41.5. The summed E-state index contributed by atoms with van der Waals surface area (Å²) in [6, 6.07) is 155. The van der Waals surface area contributed by atoms with Crippen molar-refractivity contribution in [3.05, 3.63) is 492 Å². The average Bonchev–Trinajstić information content (AvgIpc) is 1.49. The maximum atomic E-state index is 3.76. The van der Waals surface area contributed by atoms with Crippen LogP contribution in [0.15, 0.2) is 431 Å². The molecular weight excluding hydrogens is 1440 g/mol. The highest BCUT2D eigenvalue weighted by atomic mass is 14.9. The van der Waals surface area contributed by atoms with E-state index >= 15 is 0 Å². The molecule has 0 unspecified atom stereocenters. The third-order valence-corrected chi connectivity index (χ3v) is 25.1. The van der Waals surface area contributed by atoms with Gasteiger partial charge in [0.15, 0.2) is 0 Å². The second kappa shape index (κ2) is 30.2. The molecule has 4 N–H and O–H groups in total. The topological polar surface area (TPSA) is 48.1 Å². The molecule has 0 heterocycles. The second-order valence-corrected chi connectivity index (χ2v) is 33.3. The molecule has 0 fully saturated rings. The molecule has 0 saturated heterocycles. The molecule has 23 rings (SSSR count). The molecule has 4 aliphatic carbocycles. The normalized spacial score (nSPS) is 13.3. The Bertz CT molecular complexity index is 6760. The highest BCUT2D eigenvalue weighted by Gasteiger charge is 2.52. The molecule has 4 heteroatoms. The number of anilines is 8. The molecule has 19 aromatic rings. The van der Waals surface area contributed by atoms with Crippen molar-refractivity contribution in [3.8, 4) is 44.5 Å². The first-order chi connectivity index (χ1) is 58.4. The van der Waals surface area contributed by atoms with Crippen molar-refractivity contribution in [2.45, 2.75) is 56.3 Å². The van der Waals surface area contributed by atoms with Crippen LogP contribution in [0.5, 0.6) is 0 Å². The lowest BCUT2D eigenvalue weighted by Crippen LogP contribution is -2.28. The van der Waals surface area contributed by atoms with Crippen molar-refractivity contribution in [2.75, 3.05) is 21.3 Å². The van der Waals surface area contributed by atoms with Gasteiger partial charge in [-0.3, -0.25) is 0 Å². The largest absolute Gasteiger partial charge is 0.355 e. The van der Waals surface area contributed by atoms with Gasteiger partial charge in [-0.2, -0.15) is 0 Å². The van der Waals surface area contributed by atoms with Crippen LogP contribution < -0.4 is 21.3 Å². The van der Waals surface area contributed by atoms with Gasteiger partial charge in [-0.15, -0.1) is 0 Å². The fraction of sp³-hybridized carbons (Fsp3) is 0.0783. The Kier molecular flexibility index (Phi) is 18.6.